The Morgan fingerprint density at radius 2 is 1.62 bits per heavy atom. The first-order valence-electron chi connectivity index (χ1n) is 13.3. The molecule has 6 nitrogen and oxygen atoms in total. The zero-order valence-electron chi connectivity index (χ0n) is 23.2. The fourth-order valence-electron chi connectivity index (χ4n) is 4.82. The minimum Gasteiger partial charge on any atom is -0.480 e. The zero-order chi connectivity index (χ0) is 28.5. The van der Waals surface area contributed by atoms with Crippen molar-refractivity contribution in [3.8, 4) is 11.1 Å². The van der Waals surface area contributed by atoms with E-state index in [2.05, 4.69) is 28.1 Å². The highest BCUT2D eigenvalue weighted by molar-refractivity contribution is 7.98. The lowest BCUT2D eigenvalue weighted by Crippen LogP contribution is -2.43. The number of thioether (sulfide) groups is 1. The molecule has 0 saturated carbocycles. The smallest absolute Gasteiger partial charge is 0.326 e. The van der Waals surface area contributed by atoms with Crippen molar-refractivity contribution < 1.29 is 14.7 Å². The quantitative estimate of drug-likeness (QED) is 0.215. The molecular weight excluding hydrogens is 518 g/mol. The molecule has 40 heavy (non-hydrogen) atoms. The zero-order valence-corrected chi connectivity index (χ0v) is 24.0. The number of hydrogen-bond acceptors (Lipinski definition) is 5. The third-order valence-electron chi connectivity index (χ3n) is 7.02. The summed E-state index contributed by atoms with van der Waals surface area (Å²) in [6, 6.07) is 27.2. The Balaban J connectivity index is 1.73. The summed E-state index contributed by atoms with van der Waals surface area (Å²) >= 11 is 1.57. The molecule has 1 heterocycles. The Kier molecular flexibility index (Phi) is 9.97. The molecule has 0 unspecified atom stereocenters. The summed E-state index contributed by atoms with van der Waals surface area (Å²) in [6.45, 7) is 3.33. The Hall–Kier alpha value is -4.10. The van der Waals surface area contributed by atoms with E-state index in [0.29, 0.717) is 30.8 Å². The minimum absolute atomic E-state index is 0.299. The average molecular weight is 554 g/mol. The topological polar surface area (TPSA) is 73.7 Å². The summed E-state index contributed by atoms with van der Waals surface area (Å²) in [5, 5.41) is 9.86. The number of carbonyl (C=O) groups is 2. The lowest BCUT2D eigenvalue weighted by molar-refractivity contribution is -0.142. The van der Waals surface area contributed by atoms with Crippen molar-refractivity contribution in [2.45, 2.75) is 32.5 Å². The van der Waals surface area contributed by atoms with Gasteiger partial charge >= 0.3 is 5.97 Å². The van der Waals surface area contributed by atoms with Crippen LogP contribution in [0.5, 0.6) is 0 Å². The number of aromatic nitrogens is 1. The van der Waals surface area contributed by atoms with Gasteiger partial charge in [-0.15, -0.1) is 0 Å². The van der Waals surface area contributed by atoms with Crippen molar-refractivity contribution in [2.24, 2.45) is 0 Å². The number of nitrogens with zero attached hydrogens (tertiary/aromatic N) is 3. The minimum atomic E-state index is -0.994. The molecule has 1 amide bonds. The van der Waals surface area contributed by atoms with Gasteiger partial charge in [-0.05, 0) is 77.4 Å². The standard InChI is InChI=1S/C33H35N3O3S/c1-24-10-7-8-14-28(24)30-20-26(15-16-29(30)32(37)35(2)31(33(38)39)17-19-40-3)23-36(27-13-9-18-34-21-27)22-25-11-5-4-6-12-25/h4-16,18,20-21,31H,17,19,22-23H2,1-3H3,(H,38,39)/t31-/m0/s1. The van der Waals surface area contributed by atoms with Crippen molar-refractivity contribution in [2.75, 3.05) is 24.0 Å². The molecule has 0 aliphatic heterocycles. The lowest BCUT2D eigenvalue weighted by Gasteiger charge is -2.27. The van der Waals surface area contributed by atoms with E-state index in [9.17, 15) is 14.7 Å². The fraction of sp³-hybridized carbons (Fsp3) is 0.242. The molecule has 0 fully saturated rings. The number of aryl methyl sites for hydroxylation is 1. The molecule has 0 spiro atoms. The maximum absolute atomic E-state index is 13.8. The van der Waals surface area contributed by atoms with E-state index >= 15 is 0 Å². The van der Waals surface area contributed by atoms with E-state index in [1.807, 2.05) is 86.1 Å². The van der Waals surface area contributed by atoms with Gasteiger partial charge < -0.3 is 14.9 Å². The van der Waals surface area contributed by atoms with Crippen LogP contribution in [0.1, 0.15) is 33.5 Å². The Morgan fingerprint density at radius 1 is 0.900 bits per heavy atom. The van der Waals surface area contributed by atoms with Gasteiger partial charge in [-0.3, -0.25) is 9.78 Å². The number of benzene rings is 3. The third kappa shape index (κ3) is 7.10. The van der Waals surface area contributed by atoms with Gasteiger partial charge in [0.25, 0.3) is 5.91 Å². The van der Waals surface area contributed by atoms with Crippen LogP contribution in [0.15, 0.2) is 97.3 Å². The third-order valence-corrected chi connectivity index (χ3v) is 7.66. The number of amides is 1. The second kappa shape index (κ2) is 13.8. The number of anilines is 1. The van der Waals surface area contributed by atoms with E-state index in [-0.39, 0.29) is 5.91 Å². The first-order valence-corrected chi connectivity index (χ1v) is 14.6. The maximum atomic E-state index is 13.8. The molecular formula is C33H35N3O3S. The van der Waals surface area contributed by atoms with Gasteiger partial charge in [0, 0.05) is 31.9 Å². The highest BCUT2D eigenvalue weighted by Crippen LogP contribution is 2.31. The van der Waals surface area contributed by atoms with Gasteiger partial charge in [-0.2, -0.15) is 11.8 Å². The molecule has 3 aromatic carbocycles. The SMILES string of the molecule is CSCC[C@@H](C(=O)O)N(C)C(=O)c1ccc(CN(Cc2ccccc2)c2cccnc2)cc1-c1ccccc1C. The van der Waals surface area contributed by atoms with Gasteiger partial charge in [0.15, 0.2) is 0 Å². The molecule has 1 atom stereocenters. The van der Waals surface area contributed by atoms with E-state index in [1.54, 1.807) is 25.0 Å². The number of carboxylic acids is 1. The number of aliphatic carboxylic acids is 1. The van der Waals surface area contributed by atoms with Crippen LogP contribution >= 0.6 is 11.8 Å². The number of likely N-dealkylation sites (N-methyl/N-ethyl adjacent to an activating group) is 1. The predicted octanol–water partition coefficient (Wildman–Crippen LogP) is 6.54. The Labute approximate surface area is 240 Å². The Morgan fingerprint density at radius 3 is 2.30 bits per heavy atom. The summed E-state index contributed by atoms with van der Waals surface area (Å²) in [4.78, 5) is 33.8. The molecule has 4 aromatic rings. The van der Waals surface area contributed by atoms with Crippen LogP contribution in [0.25, 0.3) is 11.1 Å². The molecule has 206 valence electrons. The summed E-state index contributed by atoms with van der Waals surface area (Å²) in [5.74, 6) is -0.636. The molecule has 7 heteroatoms. The highest BCUT2D eigenvalue weighted by Gasteiger charge is 2.28. The fourth-order valence-corrected chi connectivity index (χ4v) is 5.28. The molecule has 4 rings (SSSR count). The summed E-state index contributed by atoms with van der Waals surface area (Å²) < 4.78 is 0. The van der Waals surface area contributed by atoms with Crippen molar-refractivity contribution in [3.63, 3.8) is 0 Å². The summed E-state index contributed by atoms with van der Waals surface area (Å²) in [7, 11) is 1.58. The number of rotatable bonds is 12. The molecule has 0 aliphatic rings. The van der Waals surface area contributed by atoms with E-state index in [4.69, 9.17) is 0 Å². The van der Waals surface area contributed by atoms with Crippen LogP contribution in [0.3, 0.4) is 0 Å². The van der Waals surface area contributed by atoms with Crippen molar-refractivity contribution in [3.05, 3.63) is 120 Å². The van der Waals surface area contributed by atoms with Crippen LogP contribution in [-0.4, -0.2) is 52.0 Å². The Bertz CT molecular complexity index is 1430. The number of carboxylic acid groups (broad SMARTS) is 1. The largest absolute Gasteiger partial charge is 0.480 e. The van der Waals surface area contributed by atoms with Crippen LogP contribution in [-0.2, 0) is 17.9 Å². The number of pyridine rings is 1. The molecule has 0 radical (unpaired) electrons. The van der Waals surface area contributed by atoms with Crippen LogP contribution < -0.4 is 4.90 Å². The van der Waals surface area contributed by atoms with E-state index in [1.165, 1.54) is 10.5 Å². The second-order valence-electron chi connectivity index (χ2n) is 9.80. The van der Waals surface area contributed by atoms with Crippen molar-refractivity contribution in [1.82, 2.24) is 9.88 Å². The molecule has 0 saturated heterocycles. The second-order valence-corrected chi connectivity index (χ2v) is 10.8. The van der Waals surface area contributed by atoms with Gasteiger partial charge in [-0.1, -0.05) is 60.7 Å². The van der Waals surface area contributed by atoms with Gasteiger partial charge in [0.2, 0.25) is 0 Å². The maximum Gasteiger partial charge on any atom is 0.326 e. The monoisotopic (exact) mass is 553 g/mol. The van der Waals surface area contributed by atoms with E-state index in [0.717, 1.165) is 27.9 Å². The van der Waals surface area contributed by atoms with Crippen molar-refractivity contribution >= 4 is 29.3 Å². The van der Waals surface area contributed by atoms with Gasteiger partial charge in [-0.25, -0.2) is 4.79 Å². The molecule has 0 aliphatic carbocycles. The van der Waals surface area contributed by atoms with Crippen molar-refractivity contribution in [1.29, 1.82) is 0 Å². The number of hydrogen-bond donors (Lipinski definition) is 1. The first-order chi connectivity index (χ1) is 19.4. The van der Waals surface area contributed by atoms with E-state index < -0.39 is 12.0 Å². The first kappa shape index (κ1) is 28.9. The average Bonchev–Trinajstić information content (AvgIpc) is 2.97. The molecule has 1 aromatic heterocycles. The predicted molar refractivity (Wildman–Crippen MR) is 164 cm³/mol. The lowest BCUT2D eigenvalue weighted by atomic mass is 9.93. The van der Waals surface area contributed by atoms with Gasteiger partial charge in [0.1, 0.15) is 6.04 Å². The highest BCUT2D eigenvalue weighted by atomic mass is 32.2. The summed E-state index contributed by atoms with van der Waals surface area (Å²) in [6.07, 6.45) is 5.94. The number of carbonyl (C=O) groups excluding carboxylic acids is 1. The molecule has 0 bridgehead atoms. The normalized spacial score (nSPS) is 11.6. The van der Waals surface area contributed by atoms with Crippen LogP contribution in [0, 0.1) is 6.92 Å². The molecule has 1 N–H and O–H groups in total. The van der Waals surface area contributed by atoms with Crippen LogP contribution in [0.2, 0.25) is 0 Å². The summed E-state index contributed by atoms with van der Waals surface area (Å²) in [5.41, 5.74) is 6.51. The van der Waals surface area contributed by atoms with Gasteiger partial charge in [0.05, 0.1) is 11.9 Å². The van der Waals surface area contributed by atoms with Crippen LogP contribution in [0.4, 0.5) is 5.69 Å².